The Labute approximate surface area is 165 Å². The predicted octanol–water partition coefficient (Wildman–Crippen LogP) is 4.53. The van der Waals surface area contributed by atoms with Crippen LogP contribution < -0.4 is 10.6 Å². The van der Waals surface area contributed by atoms with Crippen LogP contribution >= 0.6 is 35.4 Å². The van der Waals surface area contributed by atoms with Gasteiger partial charge in [-0.3, -0.25) is 4.79 Å². The SMILES string of the molecule is O=C1c2cc(Cl)ccc2N=NC1C1C=C(c2ccc(Cl)cc2)NC(=S)N1. The van der Waals surface area contributed by atoms with Crippen molar-refractivity contribution >= 4 is 57.7 Å². The van der Waals surface area contributed by atoms with Gasteiger partial charge in [-0.2, -0.15) is 10.2 Å². The van der Waals surface area contributed by atoms with Gasteiger partial charge in [0.05, 0.1) is 11.7 Å². The number of rotatable bonds is 2. The van der Waals surface area contributed by atoms with Crippen LogP contribution in [0.15, 0.2) is 58.8 Å². The van der Waals surface area contributed by atoms with Gasteiger partial charge in [0.1, 0.15) is 0 Å². The van der Waals surface area contributed by atoms with Crippen LogP contribution in [0.3, 0.4) is 0 Å². The molecule has 5 nitrogen and oxygen atoms in total. The van der Waals surface area contributed by atoms with E-state index in [0.29, 0.717) is 26.4 Å². The van der Waals surface area contributed by atoms with Gasteiger partial charge in [0.15, 0.2) is 16.9 Å². The van der Waals surface area contributed by atoms with E-state index in [0.717, 1.165) is 11.3 Å². The van der Waals surface area contributed by atoms with E-state index in [9.17, 15) is 4.79 Å². The third-order valence-corrected chi connectivity index (χ3v) is 4.88. The van der Waals surface area contributed by atoms with Crippen molar-refractivity contribution in [3.63, 3.8) is 0 Å². The van der Waals surface area contributed by atoms with Crippen molar-refractivity contribution < 1.29 is 4.79 Å². The lowest BCUT2D eigenvalue weighted by Gasteiger charge is -2.30. The topological polar surface area (TPSA) is 65.8 Å². The van der Waals surface area contributed by atoms with Crippen LogP contribution in [0.2, 0.25) is 10.0 Å². The number of fused-ring (bicyclic) bond motifs is 1. The van der Waals surface area contributed by atoms with Crippen LogP contribution in [0.4, 0.5) is 5.69 Å². The van der Waals surface area contributed by atoms with E-state index in [-0.39, 0.29) is 5.78 Å². The number of azo groups is 1. The number of nitrogens with zero attached hydrogens (tertiary/aromatic N) is 2. The lowest BCUT2D eigenvalue weighted by Crippen LogP contribution is -2.52. The summed E-state index contributed by atoms with van der Waals surface area (Å²) in [7, 11) is 0. The van der Waals surface area contributed by atoms with Gasteiger partial charge in [0.2, 0.25) is 0 Å². The Bertz CT molecular complexity index is 972. The largest absolute Gasteiger partial charge is 0.353 e. The second-order valence-corrected chi connectivity index (χ2v) is 7.18. The summed E-state index contributed by atoms with van der Waals surface area (Å²) in [4.78, 5) is 12.9. The summed E-state index contributed by atoms with van der Waals surface area (Å²) in [5, 5.41) is 16.1. The zero-order valence-electron chi connectivity index (χ0n) is 13.2. The molecule has 2 N–H and O–H groups in total. The molecule has 130 valence electrons. The van der Waals surface area contributed by atoms with Crippen molar-refractivity contribution in [2.75, 3.05) is 0 Å². The maximum absolute atomic E-state index is 12.9. The van der Waals surface area contributed by atoms with Gasteiger partial charge in [-0.25, -0.2) is 0 Å². The van der Waals surface area contributed by atoms with E-state index in [1.54, 1.807) is 30.3 Å². The first-order valence-electron chi connectivity index (χ1n) is 7.81. The lowest BCUT2D eigenvalue weighted by molar-refractivity contribution is 0.0947. The minimum atomic E-state index is -0.719. The zero-order valence-corrected chi connectivity index (χ0v) is 15.6. The second kappa shape index (κ2) is 6.79. The molecule has 0 fully saturated rings. The number of carbonyl (C=O) groups excluding carboxylic acids is 1. The van der Waals surface area contributed by atoms with Crippen LogP contribution in [0.1, 0.15) is 15.9 Å². The Morgan fingerprint density at radius 3 is 2.54 bits per heavy atom. The van der Waals surface area contributed by atoms with Gasteiger partial charge in [-0.05, 0) is 54.2 Å². The maximum atomic E-state index is 12.9. The number of hydrogen-bond acceptors (Lipinski definition) is 4. The molecule has 0 bridgehead atoms. The molecule has 2 aromatic rings. The molecule has 8 heteroatoms. The Morgan fingerprint density at radius 2 is 1.77 bits per heavy atom. The molecule has 0 aliphatic carbocycles. The van der Waals surface area contributed by atoms with Crippen molar-refractivity contribution in [1.29, 1.82) is 0 Å². The third kappa shape index (κ3) is 3.23. The van der Waals surface area contributed by atoms with Gasteiger partial charge in [0, 0.05) is 21.3 Å². The molecular weight excluding hydrogens is 391 g/mol. The fraction of sp³-hybridized carbons (Fsp3) is 0.111. The molecule has 2 aliphatic rings. The predicted molar refractivity (Wildman–Crippen MR) is 106 cm³/mol. The van der Waals surface area contributed by atoms with Crippen LogP contribution in [0.25, 0.3) is 5.70 Å². The van der Waals surface area contributed by atoms with E-state index in [1.165, 1.54) is 0 Å². The van der Waals surface area contributed by atoms with E-state index in [2.05, 4.69) is 20.9 Å². The number of carbonyl (C=O) groups is 1. The van der Waals surface area contributed by atoms with Gasteiger partial charge in [-0.15, -0.1) is 0 Å². The molecule has 0 radical (unpaired) electrons. The minimum Gasteiger partial charge on any atom is -0.353 e. The molecule has 26 heavy (non-hydrogen) atoms. The van der Waals surface area contributed by atoms with Crippen LogP contribution in [-0.2, 0) is 0 Å². The van der Waals surface area contributed by atoms with Crippen molar-refractivity contribution in [2.24, 2.45) is 10.2 Å². The first-order valence-corrected chi connectivity index (χ1v) is 8.97. The van der Waals surface area contributed by atoms with Gasteiger partial charge >= 0.3 is 0 Å². The number of hydrogen-bond donors (Lipinski definition) is 2. The van der Waals surface area contributed by atoms with Crippen molar-refractivity contribution in [2.45, 2.75) is 12.1 Å². The van der Waals surface area contributed by atoms with Crippen molar-refractivity contribution in [1.82, 2.24) is 10.6 Å². The van der Waals surface area contributed by atoms with Crippen LogP contribution in [0.5, 0.6) is 0 Å². The van der Waals surface area contributed by atoms with Crippen molar-refractivity contribution in [3.8, 4) is 0 Å². The van der Waals surface area contributed by atoms with Gasteiger partial charge < -0.3 is 10.6 Å². The van der Waals surface area contributed by atoms with Gasteiger partial charge in [-0.1, -0.05) is 35.3 Å². The number of thiocarbonyl (C=S) groups is 1. The van der Waals surface area contributed by atoms with E-state index in [4.69, 9.17) is 35.4 Å². The molecule has 0 amide bonds. The highest BCUT2D eigenvalue weighted by molar-refractivity contribution is 7.80. The minimum absolute atomic E-state index is 0.147. The first-order chi connectivity index (χ1) is 12.5. The summed E-state index contributed by atoms with van der Waals surface area (Å²) in [6.45, 7) is 0. The highest BCUT2D eigenvalue weighted by Crippen LogP contribution is 2.31. The Morgan fingerprint density at radius 1 is 1.04 bits per heavy atom. The summed E-state index contributed by atoms with van der Waals surface area (Å²) in [5.41, 5.74) is 2.68. The van der Waals surface area contributed by atoms with E-state index >= 15 is 0 Å². The molecule has 2 heterocycles. The summed E-state index contributed by atoms with van der Waals surface area (Å²) in [6.07, 6.45) is 1.89. The molecule has 2 aromatic carbocycles. The van der Waals surface area contributed by atoms with Crippen molar-refractivity contribution in [3.05, 3.63) is 69.7 Å². The Hall–Kier alpha value is -2.28. The number of nitrogens with one attached hydrogen (secondary N) is 2. The average Bonchev–Trinajstić information content (AvgIpc) is 2.62. The normalized spacial score (nSPS) is 21.5. The zero-order chi connectivity index (χ0) is 18.3. The molecule has 4 rings (SSSR count). The number of ketones is 1. The molecule has 0 aromatic heterocycles. The molecule has 2 unspecified atom stereocenters. The molecule has 0 spiro atoms. The van der Waals surface area contributed by atoms with Gasteiger partial charge in [0.25, 0.3) is 0 Å². The van der Waals surface area contributed by atoms with E-state index in [1.807, 2.05) is 18.2 Å². The second-order valence-electron chi connectivity index (χ2n) is 5.90. The summed E-state index contributed by atoms with van der Waals surface area (Å²) in [6, 6.07) is 11.2. The van der Waals surface area contributed by atoms with E-state index < -0.39 is 12.1 Å². The standard InChI is InChI=1S/C18H12Cl2N4OS/c19-10-3-1-9(2-4-10)14-8-15(22-18(26)21-14)16-17(25)12-7-11(20)5-6-13(12)23-24-16/h1-8,15-16H,(H2,21,22,26). The smallest absolute Gasteiger partial charge is 0.193 e. The molecule has 2 atom stereocenters. The average molecular weight is 403 g/mol. The quantitative estimate of drug-likeness (QED) is 0.724. The summed E-state index contributed by atoms with van der Waals surface area (Å²) >= 11 is 17.3. The number of Topliss-reactive ketones (excluding diaryl/α,β-unsaturated/α-hetero) is 1. The monoisotopic (exact) mass is 402 g/mol. The van der Waals surface area contributed by atoms with Crippen LogP contribution in [-0.4, -0.2) is 23.0 Å². The molecular formula is C18H12Cl2N4OS. The highest BCUT2D eigenvalue weighted by atomic mass is 35.5. The molecule has 0 saturated heterocycles. The molecule has 0 saturated carbocycles. The third-order valence-electron chi connectivity index (χ3n) is 4.17. The Kier molecular flexibility index (Phi) is 4.48. The fourth-order valence-corrected chi connectivity index (χ4v) is 3.45. The molecule has 2 aliphatic heterocycles. The van der Waals surface area contributed by atoms with Crippen LogP contribution in [0, 0.1) is 0 Å². The summed E-state index contributed by atoms with van der Waals surface area (Å²) in [5.74, 6) is -0.147. The Balaban J connectivity index is 1.69. The number of halogens is 2. The summed E-state index contributed by atoms with van der Waals surface area (Å²) < 4.78 is 0. The fourth-order valence-electron chi connectivity index (χ4n) is 2.90. The highest BCUT2D eigenvalue weighted by Gasteiger charge is 2.34. The first kappa shape index (κ1) is 17.1. The maximum Gasteiger partial charge on any atom is 0.193 e. The lowest BCUT2D eigenvalue weighted by atomic mass is 9.94. The number of benzene rings is 2.